The minimum Gasteiger partial charge on any atom is -0.462 e. The number of ether oxygens (including phenoxy) is 2. The van der Waals surface area contributed by atoms with E-state index in [9.17, 15) is 13.2 Å². The molecule has 3 aromatic rings. The first-order chi connectivity index (χ1) is 14.4. The van der Waals surface area contributed by atoms with E-state index in [0.717, 1.165) is 16.3 Å². The number of hydrogen-bond acceptors (Lipinski definition) is 5. The number of carbonyl (C=O) groups is 1. The van der Waals surface area contributed by atoms with E-state index < -0.39 is 22.2 Å². The van der Waals surface area contributed by atoms with Gasteiger partial charge in [-0.05, 0) is 29.9 Å². The van der Waals surface area contributed by atoms with Crippen LogP contribution in [0.5, 0.6) is 5.75 Å². The van der Waals surface area contributed by atoms with Gasteiger partial charge >= 0.3 is 5.97 Å². The highest BCUT2D eigenvalue weighted by molar-refractivity contribution is 7.89. The Morgan fingerprint density at radius 2 is 1.63 bits per heavy atom. The topological polar surface area (TPSA) is 81.7 Å². The molecule has 2 atom stereocenters. The Morgan fingerprint density at radius 3 is 2.37 bits per heavy atom. The van der Waals surface area contributed by atoms with Gasteiger partial charge in [0, 0.05) is 5.39 Å². The molecule has 3 aromatic carbocycles. The lowest BCUT2D eigenvalue weighted by Crippen LogP contribution is -2.47. The van der Waals surface area contributed by atoms with Crippen molar-refractivity contribution in [1.29, 1.82) is 0 Å². The highest BCUT2D eigenvalue weighted by Gasteiger charge is 2.29. The number of rotatable bonds is 9. The van der Waals surface area contributed by atoms with Crippen molar-refractivity contribution in [2.75, 3.05) is 12.4 Å². The molecule has 0 aliphatic rings. The largest absolute Gasteiger partial charge is 0.462 e. The van der Waals surface area contributed by atoms with Crippen molar-refractivity contribution in [2.24, 2.45) is 0 Å². The molecule has 0 amide bonds. The van der Waals surface area contributed by atoms with Crippen LogP contribution in [-0.4, -0.2) is 33.0 Å². The molecule has 30 heavy (non-hydrogen) atoms. The smallest absolute Gasteiger partial charge is 0.364 e. The van der Waals surface area contributed by atoms with E-state index >= 15 is 0 Å². The first-order valence-electron chi connectivity index (χ1n) is 9.75. The predicted molar refractivity (Wildman–Crippen MR) is 117 cm³/mol. The normalized spacial score (nSPS) is 13.5. The Morgan fingerprint density at radius 1 is 0.967 bits per heavy atom. The molecule has 0 aromatic heterocycles. The zero-order valence-corrected chi connectivity index (χ0v) is 17.8. The van der Waals surface area contributed by atoms with Crippen molar-refractivity contribution < 1.29 is 22.7 Å². The molecule has 0 spiro atoms. The molecule has 0 heterocycles. The molecule has 2 unspecified atom stereocenters. The summed E-state index contributed by atoms with van der Waals surface area (Å²) in [7, 11) is -3.84. The number of fused-ring (bicyclic) bond motifs is 1. The molecular weight excluding hydrogens is 402 g/mol. The van der Waals surface area contributed by atoms with Crippen molar-refractivity contribution in [3.8, 4) is 5.75 Å². The minimum absolute atomic E-state index is 0.108. The van der Waals surface area contributed by atoms with Gasteiger partial charge in [-0.3, -0.25) is 0 Å². The maximum Gasteiger partial charge on any atom is 0.364 e. The number of benzene rings is 3. The Labute approximate surface area is 176 Å². The van der Waals surface area contributed by atoms with E-state index in [4.69, 9.17) is 9.47 Å². The summed E-state index contributed by atoms with van der Waals surface area (Å²) in [5.41, 5.74) is 0.894. The molecular formula is C23H25NO5S. The van der Waals surface area contributed by atoms with Crippen LogP contribution in [0.1, 0.15) is 25.3 Å². The van der Waals surface area contributed by atoms with Gasteiger partial charge in [-0.25, -0.2) is 13.2 Å². The van der Waals surface area contributed by atoms with Crippen LogP contribution in [0.2, 0.25) is 0 Å². The Hall–Kier alpha value is -2.90. The van der Waals surface area contributed by atoms with E-state index in [2.05, 4.69) is 4.72 Å². The second kappa shape index (κ2) is 9.73. The maximum atomic E-state index is 12.8. The molecule has 6 nitrogen and oxygen atoms in total. The van der Waals surface area contributed by atoms with Crippen LogP contribution in [0.15, 0.2) is 72.8 Å². The molecule has 0 radical (unpaired) electrons. The summed E-state index contributed by atoms with van der Waals surface area (Å²) in [6, 6.07) is 22.2. The highest BCUT2D eigenvalue weighted by Crippen LogP contribution is 2.26. The standard InChI is InChI=1S/C23H25NO5S/c1-3-28-23(25)22(29-21-15-9-13-19-12-7-8-14-20(19)21)24-30(26,27)16-17(2)18-10-5-4-6-11-18/h4-15,17,22,24H,3,16H2,1-2H3. The van der Waals surface area contributed by atoms with Crippen LogP contribution in [0.3, 0.4) is 0 Å². The van der Waals surface area contributed by atoms with Gasteiger partial charge in [0.2, 0.25) is 10.0 Å². The monoisotopic (exact) mass is 427 g/mol. The van der Waals surface area contributed by atoms with Gasteiger partial charge in [-0.15, -0.1) is 0 Å². The van der Waals surface area contributed by atoms with Crippen molar-refractivity contribution in [1.82, 2.24) is 4.72 Å². The van der Waals surface area contributed by atoms with Gasteiger partial charge in [0.05, 0.1) is 12.4 Å². The van der Waals surface area contributed by atoms with E-state index in [1.54, 1.807) is 19.1 Å². The van der Waals surface area contributed by atoms with Gasteiger partial charge in [-0.2, -0.15) is 4.72 Å². The fourth-order valence-corrected chi connectivity index (χ4v) is 4.60. The quantitative estimate of drug-likeness (QED) is 0.415. The van der Waals surface area contributed by atoms with E-state index in [1.807, 2.05) is 67.6 Å². The second-order valence-corrected chi connectivity index (χ2v) is 8.74. The zero-order valence-electron chi connectivity index (χ0n) is 16.9. The maximum absolute atomic E-state index is 12.8. The number of hydrogen-bond donors (Lipinski definition) is 1. The third-order valence-corrected chi connectivity index (χ3v) is 6.13. The van der Waals surface area contributed by atoms with Gasteiger partial charge < -0.3 is 9.47 Å². The summed E-state index contributed by atoms with van der Waals surface area (Å²) in [6.45, 7) is 3.58. The molecule has 158 valence electrons. The number of esters is 1. The van der Waals surface area contributed by atoms with Crippen LogP contribution in [0, 0.1) is 0 Å². The van der Waals surface area contributed by atoms with Crippen LogP contribution in [0.4, 0.5) is 0 Å². The fourth-order valence-electron chi connectivity index (χ4n) is 3.18. The third-order valence-electron chi connectivity index (χ3n) is 4.62. The molecule has 0 fully saturated rings. The molecule has 1 N–H and O–H groups in total. The average Bonchev–Trinajstić information content (AvgIpc) is 2.74. The molecule has 0 aliphatic heterocycles. The molecule has 0 aliphatic carbocycles. The van der Waals surface area contributed by atoms with Crippen molar-refractivity contribution in [3.63, 3.8) is 0 Å². The average molecular weight is 428 g/mol. The minimum atomic E-state index is -3.84. The molecule has 0 saturated carbocycles. The molecule has 7 heteroatoms. The van der Waals surface area contributed by atoms with Crippen molar-refractivity contribution in [2.45, 2.75) is 26.0 Å². The first kappa shape index (κ1) is 21.8. The van der Waals surface area contributed by atoms with E-state index in [1.165, 1.54) is 0 Å². The predicted octanol–water partition coefficient (Wildman–Crippen LogP) is 3.83. The first-order valence-corrected chi connectivity index (χ1v) is 11.4. The summed E-state index contributed by atoms with van der Waals surface area (Å²) in [6.07, 6.45) is -1.48. The highest BCUT2D eigenvalue weighted by atomic mass is 32.2. The van der Waals surface area contributed by atoms with Crippen molar-refractivity contribution >= 4 is 26.8 Å². The second-order valence-electron chi connectivity index (χ2n) is 6.94. The van der Waals surface area contributed by atoms with Crippen LogP contribution in [-0.2, 0) is 19.6 Å². The summed E-state index contributed by atoms with van der Waals surface area (Å²) >= 11 is 0. The summed E-state index contributed by atoms with van der Waals surface area (Å²) in [4.78, 5) is 12.4. The van der Waals surface area contributed by atoms with Crippen LogP contribution >= 0.6 is 0 Å². The Balaban J connectivity index is 1.82. The number of nitrogens with one attached hydrogen (secondary N) is 1. The lowest BCUT2D eigenvalue weighted by atomic mass is 10.0. The number of carbonyl (C=O) groups excluding carboxylic acids is 1. The van der Waals surface area contributed by atoms with Crippen LogP contribution in [0.25, 0.3) is 10.8 Å². The van der Waals surface area contributed by atoms with Crippen LogP contribution < -0.4 is 9.46 Å². The van der Waals surface area contributed by atoms with Gasteiger partial charge in [0.25, 0.3) is 6.23 Å². The van der Waals surface area contributed by atoms with E-state index in [0.29, 0.717) is 5.75 Å². The lowest BCUT2D eigenvalue weighted by Gasteiger charge is -2.21. The van der Waals surface area contributed by atoms with Gasteiger partial charge in [0.15, 0.2) is 0 Å². The molecule has 0 saturated heterocycles. The zero-order chi connectivity index (χ0) is 21.6. The Bertz CT molecular complexity index is 1090. The van der Waals surface area contributed by atoms with Crippen molar-refractivity contribution in [3.05, 3.63) is 78.4 Å². The van der Waals surface area contributed by atoms with E-state index in [-0.39, 0.29) is 18.3 Å². The molecule has 0 bridgehead atoms. The summed E-state index contributed by atoms with van der Waals surface area (Å²) in [5, 5.41) is 1.68. The Kier molecular flexibility index (Phi) is 7.07. The lowest BCUT2D eigenvalue weighted by molar-refractivity contribution is -0.151. The van der Waals surface area contributed by atoms with Gasteiger partial charge in [-0.1, -0.05) is 73.7 Å². The third kappa shape index (κ3) is 5.58. The SMILES string of the molecule is CCOC(=O)C(NS(=O)(=O)CC(C)c1ccccc1)Oc1cccc2ccccc12. The fraction of sp³-hybridized carbons (Fsp3) is 0.261. The summed E-state index contributed by atoms with van der Waals surface area (Å²) in [5.74, 6) is -0.846. The molecule has 3 rings (SSSR count). The summed E-state index contributed by atoms with van der Waals surface area (Å²) < 4.78 is 38.8. The van der Waals surface area contributed by atoms with Gasteiger partial charge in [0.1, 0.15) is 5.75 Å². The number of sulfonamides is 1.